The van der Waals surface area contributed by atoms with Gasteiger partial charge in [0.2, 0.25) is 0 Å². The van der Waals surface area contributed by atoms with Crippen molar-refractivity contribution in [2.75, 3.05) is 13.1 Å². The number of rotatable bonds is 1. The molecule has 3 nitrogen and oxygen atoms in total. The first-order chi connectivity index (χ1) is 9.60. The van der Waals surface area contributed by atoms with E-state index in [1.165, 1.54) is 5.69 Å². The summed E-state index contributed by atoms with van der Waals surface area (Å²) in [6, 6.07) is 7.19. The molecule has 21 heavy (non-hydrogen) atoms. The fourth-order valence-electron chi connectivity index (χ4n) is 3.48. The first-order valence-electron chi connectivity index (χ1n) is 8.05. The van der Waals surface area contributed by atoms with Crippen molar-refractivity contribution in [3.05, 3.63) is 30.1 Å². The molecule has 2 heterocycles. The third kappa shape index (κ3) is 3.64. The largest absolute Gasteiger partial charge is 0.293 e. The van der Waals surface area contributed by atoms with E-state index in [2.05, 4.69) is 75.4 Å². The van der Waals surface area contributed by atoms with Crippen LogP contribution in [0.4, 0.5) is 0 Å². The van der Waals surface area contributed by atoms with Crippen LogP contribution in [-0.4, -0.2) is 45.0 Å². The molecule has 2 atom stereocenters. The zero-order valence-electron chi connectivity index (χ0n) is 14.7. The monoisotopic (exact) mass is 289 g/mol. The first kappa shape index (κ1) is 16.4. The van der Waals surface area contributed by atoms with Crippen molar-refractivity contribution >= 4 is 0 Å². The second-order valence-electron chi connectivity index (χ2n) is 8.27. The van der Waals surface area contributed by atoms with Crippen LogP contribution in [0, 0.1) is 0 Å². The van der Waals surface area contributed by atoms with Crippen molar-refractivity contribution in [3.8, 4) is 0 Å². The summed E-state index contributed by atoms with van der Waals surface area (Å²) in [7, 11) is 0. The molecule has 1 fully saturated rings. The summed E-state index contributed by atoms with van der Waals surface area (Å²) in [5, 5.41) is 0. The van der Waals surface area contributed by atoms with E-state index in [4.69, 9.17) is 0 Å². The van der Waals surface area contributed by atoms with E-state index in [0.717, 1.165) is 13.1 Å². The Morgan fingerprint density at radius 2 is 1.57 bits per heavy atom. The summed E-state index contributed by atoms with van der Waals surface area (Å²) < 4.78 is 0. The maximum Gasteiger partial charge on any atom is 0.0654 e. The normalized spacial score (nSPS) is 26.0. The Kier molecular flexibility index (Phi) is 4.46. The summed E-state index contributed by atoms with van der Waals surface area (Å²) in [5.74, 6) is 0. The van der Waals surface area contributed by atoms with Crippen LogP contribution in [0.1, 0.15) is 60.2 Å². The molecule has 1 saturated heterocycles. The molecule has 0 saturated carbocycles. The lowest BCUT2D eigenvalue weighted by molar-refractivity contribution is -0.0555. The second-order valence-corrected chi connectivity index (χ2v) is 8.27. The number of piperazine rings is 1. The highest BCUT2D eigenvalue weighted by Gasteiger charge is 2.41. The van der Waals surface area contributed by atoms with Gasteiger partial charge in [0.05, 0.1) is 11.7 Å². The number of hydrogen-bond donors (Lipinski definition) is 0. The average Bonchev–Trinajstić information content (AvgIpc) is 2.37. The standard InChI is InChI=1S/C18H31N3/c1-14-12-21(18(5,6)7)16(13-20(14)17(2,3)4)15-10-8-9-11-19-15/h8-11,14,16H,12-13H2,1-7H3. The summed E-state index contributed by atoms with van der Waals surface area (Å²) in [6.45, 7) is 18.3. The molecule has 118 valence electrons. The molecule has 2 rings (SSSR count). The zero-order valence-corrected chi connectivity index (χ0v) is 14.7. The lowest BCUT2D eigenvalue weighted by Gasteiger charge is -2.54. The first-order valence-corrected chi connectivity index (χ1v) is 8.05. The minimum atomic E-state index is 0.153. The third-order valence-corrected chi connectivity index (χ3v) is 4.49. The minimum Gasteiger partial charge on any atom is -0.293 e. The Hall–Kier alpha value is -0.930. The van der Waals surface area contributed by atoms with Crippen molar-refractivity contribution in [3.63, 3.8) is 0 Å². The molecule has 0 spiro atoms. The Balaban J connectivity index is 2.36. The van der Waals surface area contributed by atoms with Crippen molar-refractivity contribution in [1.29, 1.82) is 0 Å². The van der Waals surface area contributed by atoms with Crippen LogP contribution < -0.4 is 0 Å². The Bertz CT molecular complexity index is 456. The Labute approximate surface area is 130 Å². The molecule has 2 unspecified atom stereocenters. The summed E-state index contributed by atoms with van der Waals surface area (Å²) in [6.07, 6.45) is 1.91. The molecule has 0 amide bonds. The summed E-state index contributed by atoms with van der Waals surface area (Å²) in [5.41, 5.74) is 1.53. The molecule has 0 aliphatic carbocycles. The van der Waals surface area contributed by atoms with Crippen LogP contribution in [0.5, 0.6) is 0 Å². The van der Waals surface area contributed by atoms with E-state index < -0.39 is 0 Å². The summed E-state index contributed by atoms with van der Waals surface area (Å²) >= 11 is 0. The van der Waals surface area contributed by atoms with Crippen molar-refractivity contribution in [2.24, 2.45) is 0 Å². The van der Waals surface area contributed by atoms with E-state index in [-0.39, 0.29) is 11.1 Å². The van der Waals surface area contributed by atoms with Gasteiger partial charge in [0.15, 0.2) is 0 Å². The van der Waals surface area contributed by atoms with Gasteiger partial charge in [0.25, 0.3) is 0 Å². The van der Waals surface area contributed by atoms with Gasteiger partial charge in [0.1, 0.15) is 0 Å². The summed E-state index contributed by atoms with van der Waals surface area (Å²) in [4.78, 5) is 9.87. The predicted molar refractivity (Wildman–Crippen MR) is 89.4 cm³/mol. The maximum atomic E-state index is 4.64. The van der Waals surface area contributed by atoms with Gasteiger partial charge in [-0.25, -0.2) is 0 Å². The Morgan fingerprint density at radius 3 is 2.05 bits per heavy atom. The van der Waals surface area contributed by atoms with Crippen LogP contribution in [-0.2, 0) is 0 Å². The van der Waals surface area contributed by atoms with E-state index in [0.29, 0.717) is 12.1 Å². The fraction of sp³-hybridized carbons (Fsp3) is 0.722. The zero-order chi connectivity index (χ0) is 15.8. The maximum absolute atomic E-state index is 4.64. The van der Waals surface area contributed by atoms with Crippen molar-refractivity contribution < 1.29 is 0 Å². The van der Waals surface area contributed by atoms with Gasteiger partial charge in [-0.2, -0.15) is 0 Å². The van der Waals surface area contributed by atoms with Crippen LogP contribution >= 0.6 is 0 Å². The molecular weight excluding hydrogens is 258 g/mol. The van der Waals surface area contributed by atoms with Crippen LogP contribution in [0.2, 0.25) is 0 Å². The average molecular weight is 289 g/mol. The topological polar surface area (TPSA) is 19.4 Å². The van der Waals surface area contributed by atoms with Gasteiger partial charge in [-0.3, -0.25) is 14.8 Å². The molecule has 0 radical (unpaired) electrons. The van der Waals surface area contributed by atoms with Crippen LogP contribution in [0.15, 0.2) is 24.4 Å². The molecule has 1 aliphatic rings. The smallest absolute Gasteiger partial charge is 0.0654 e. The van der Waals surface area contributed by atoms with Gasteiger partial charge >= 0.3 is 0 Å². The molecule has 0 aromatic carbocycles. The number of hydrogen-bond acceptors (Lipinski definition) is 3. The lowest BCUT2D eigenvalue weighted by Crippen LogP contribution is -2.62. The van der Waals surface area contributed by atoms with Gasteiger partial charge in [-0.1, -0.05) is 6.07 Å². The van der Waals surface area contributed by atoms with E-state index >= 15 is 0 Å². The predicted octanol–water partition coefficient (Wildman–Crippen LogP) is 3.73. The molecule has 1 aromatic rings. The molecule has 0 N–H and O–H groups in total. The lowest BCUT2D eigenvalue weighted by atomic mass is 9.92. The number of aromatic nitrogens is 1. The highest BCUT2D eigenvalue weighted by atomic mass is 15.4. The molecule has 0 bridgehead atoms. The third-order valence-electron chi connectivity index (χ3n) is 4.49. The van der Waals surface area contributed by atoms with Gasteiger partial charge in [0, 0.05) is 36.4 Å². The van der Waals surface area contributed by atoms with Crippen LogP contribution in [0.3, 0.4) is 0 Å². The van der Waals surface area contributed by atoms with E-state index in [9.17, 15) is 0 Å². The van der Waals surface area contributed by atoms with E-state index in [1.54, 1.807) is 0 Å². The Morgan fingerprint density at radius 1 is 0.952 bits per heavy atom. The second kappa shape index (κ2) is 5.69. The molecule has 1 aromatic heterocycles. The highest BCUT2D eigenvalue weighted by Crippen LogP contribution is 2.35. The number of pyridine rings is 1. The van der Waals surface area contributed by atoms with Crippen molar-refractivity contribution in [2.45, 2.75) is 71.6 Å². The van der Waals surface area contributed by atoms with Crippen LogP contribution in [0.25, 0.3) is 0 Å². The molecule has 1 aliphatic heterocycles. The van der Waals surface area contributed by atoms with E-state index in [1.807, 2.05) is 12.3 Å². The molecular formula is C18H31N3. The highest BCUT2D eigenvalue weighted by molar-refractivity contribution is 5.13. The molecule has 3 heteroatoms. The van der Waals surface area contributed by atoms with Gasteiger partial charge in [-0.15, -0.1) is 0 Å². The minimum absolute atomic E-state index is 0.153. The quantitative estimate of drug-likeness (QED) is 0.785. The van der Waals surface area contributed by atoms with Gasteiger partial charge in [-0.05, 0) is 60.6 Å². The number of nitrogens with zero attached hydrogens (tertiary/aromatic N) is 3. The fourth-order valence-corrected chi connectivity index (χ4v) is 3.48. The van der Waals surface area contributed by atoms with Crippen molar-refractivity contribution in [1.82, 2.24) is 14.8 Å². The van der Waals surface area contributed by atoms with Gasteiger partial charge < -0.3 is 0 Å². The SMILES string of the molecule is CC1CN(C(C)(C)C)C(c2ccccn2)CN1C(C)(C)C.